The molecule has 2 heterocycles. The molecule has 0 radical (unpaired) electrons. The van der Waals surface area contributed by atoms with Crippen molar-refractivity contribution in [2.24, 2.45) is 11.8 Å². The molecule has 2 saturated heterocycles. The van der Waals surface area contributed by atoms with E-state index in [0.29, 0.717) is 18.5 Å². The normalized spacial score (nSPS) is 31.2. The van der Waals surface area contributed by atoms with Crippen LogP contribution in [0.1, 0.15) is 12.8 Å². The molecule has 20 heavy (non-hydrogen) atoms. The van der Waals surface area contributed by atoms with Crippen LogP contribution in [0.5, 0.6) is 0 Å². The summed E-state index contributed by atoms with van der Waals surface area (Å²) in [6.07, 6.45) is 0.622. The van der Waals surface area contributed by atoms with Crippen LogP contribution in [0.3, 0.4) is 0 Å². The van der Waals surface area contributed by atoms with Gasteiger partial charge in [0.15, 0.2) is 0 Å². The molecule has 0 aliphatic carbocycles. The molecule has 1 aromatic carbocycles. The van der Waals surface area contributed by atoms with Gasteiger partial charge in [-0.05, 0) is 31.0 Å². The zero-order chi connectivity index (χ0) is 14.3. The summed E-state index contributed by atoms with van der Waals surface area (Å²) in [7, 11) is 0. The lowest BCUT2D eigenvalue weighted by molar-refractivity contribution is -0.147. The van der Waals surface area contributed by atoms with Gasteiger partial charge in [0, 0.05) is 5.69 Å². The van der Waals surface area contributed by atoms with Crippen molar-refractivity contribution in [3.05, 3.63) is 30.1 Å². The summed E-state index contributed by atoms with van der Waals surface area (Å²) in [6.45, 7) is 0. The number of halogens is 1. The summed E-state index contributed by atoms with van der Waals surface area (Å²) in [4.78, 5) is 23.5. The number of nitrogens with one attached hydrogen (secondary N) is 1. The molecule has 0 spiro atoms. The number of hydrogen-bond donors (Lipinski definition) is 2. The number of ether oxygens (including phenoxy) is 1. The first-order chi connectivity index (χ1) is 9.56. The first-order valence-corrected chi connectivity index (χ1v) is 6.51. The maximum Gasteiger partial charge on any atom is 0.310 e. The van der Waals surface area contributed by atoms with Crippen LogP contribution in [-0.4, -0.2) is 29.2 Å². The Bertz CT molecular complexity index is 562. The number of carbonyl (C=O) groups is 2. The van der Waals surface area contributed by atoms with E-state index in [1.54, 1.807) is 6.07 Å². The van der Waals surface area contributed by atoms with Crippen LogP contribution in [0.2, 0.25) is 0 Å². The Morgan fingerprint density at radius 1 is 1.25 bits per heavy atom. The van der Waals surface area contributed by atoms with Gasteiger partial charge < -0.3 is 15.2 Å². The summed E-state index contributed by atoms with van der Waals surface area (Å²) in [5, 5.41) is 11.8. The first-order valence-electron chi connectivity index (χ1n) is 6.51. The maximum atomic E-state index is 13.1. The zero-order valence-electron chi connectivity index (χ0n) is 10.6. The molecule has 1 aromatic rings. The molecule has 1 amide bonds. The van der Waals surface area contributed by atoms with Gasteiger partial charge >= 0.3 is 5.97 Å². The number of anilines is 1. The van der Waals surface area contributed by atoms with Gasteiger partial charge in [0.2, 0.25) is 5.91 Å². The third-order valence-corrected chi connectivity index (χ3v) is 3.95. The van der Waals surface area contributed by atoms with Gasteiger partial charge in [0.1, 0.15) is 5.82 Å². The van der Waals surface area contributed by atoms with Crippen LogP contribution in [0.25, 0.3) is 0 Å². The minimum atomic E-state index is -1.02. The van der Waals surface area contributed by atoms with E-state index in [0.717, 1.165) is 0 Å². The van der Waals surface area contributed by atoms with Crippen LogP contribution in [0, 0.1) is 17.7 Å². The van der Waals surface area contributed by atoms with Crippen LogP contribution in [0.4, 0.5) is 10.1 Å². The lowest BCUT2D eigenvalue weighted by Crippen LogP contribution is -2.40. The topological polar surface area (TPSA) is 75.6 Å². The Morgan fingerprint density at radius 2 is 1.95 bits per heavy atom. The predicted octanol–water partition coefficient (Wildman–Crippen LogP) is 1.64. The highest BCUT2D eigenvalue weighted by Crippen LogP contribution is 2.44. The fraction of sp³-hybridized carbons (Fsp3) is 0.429. The smallest absolute Gasteiger partial charge is 0.310 e. The molecule has 2 N–H and O–H groups in total. The van der Waals surface area contributed by atoms with E-state index >= 15 is 0 Å². The summed E-state index contributed by atoms with van der Waals surface area (Å²) in [5.74, 6) is -3.43. The average molecular weight is 279 g/mol. The number of fused-ring (bicyclic) bond motifs is 2. The van der Waals surface area contributed by atoms with Crippen molar-refractivity contribution in [2.45, 2.75) is 25.0 Å². The third-order valence-electron chi connectivity index (χ3n) is 3.95. The summed E-state index contributed by atoms with van der Waals surface area (Å²) in [6, 6.07) is 5.51. The van der Waals surface area contributed by atoms with Crippen LogP contribution in [0.15, 0.2) is 24.3 Å². The molecule has 5 nitrogen and oxygen atoms in total. The minimum absolute atomic E-state index is 0.321. The predicted molar refractivity (Wildman–Crippen MR) is 67.5 cm³/mol. The fourth-order valence-electron chi connectivity index (χ4n) is 3.12. The van der Waals surface area contributed by atoms with Gasteiger partial charge in [-0.2, -0.15) is 0 Å². The van der Waals surface area contributed by atoms with Crippen LogP contribution >= 0.6 is 0 Å². The summed E-state index contributed by atoms with van der Waals surface area (Å²) < 4.78 is 18.6. The number of carboxylic acids is 1. The highest BCUT2D eigenvalue weighted by Gasteiger charge is 2.55. The van der Waals surface area contributed by atoms with E-state index < -0.39 is 29.5 Å². The van der Waals surface area contributed by atoms with E-state index in [-0.39, 0.29) is 12.2 Å². The van der Waals surface area contributed by atoms with Crippen molar-refractivity contribution in [3.8, 4) is 0 Å². The van der Waals surface area contributed by atoms with Gasteiger partial charge in [0.25, 0.3) is 0 Å². The second kappa shape index (κ2) is 4.86. The maximum absolute atomic E-state index is 13.1. The monoisotopic (exact) mass is 279 g/mol. The van der Waals surface area contributed by atoms with Gasteiger partial charge in [-0.25, -0.2) is 4.39 Å². The second-order valence-electron chi connectivity index (χ2n) is 5.18. The number of aliphatic carboxylic acids is 1. The molecule has 106 valence electrons. The van der Waals surface area contributed by atoms with E-state index in [4.69, 9.17) is 4.74 Å². The molecular formula is C14H14FNO4. The summed E-state index contributed by atoms with van der Waals surface area (Å²) >= 11 is 0. The Labute approximate surface area is 114 Å². The fourth-order valence-corrected chi connectivity index (χ4v) is 3.12. The number of carbonyl (C=O) groups excluding carboxylic acids is 1. The van der Waals surface area contributed by atoms with E-state index in [1.807, 2.05) is 0 Å². The van der Waals surface area contributed by atoms with Crippen LogP contribution in [-0.2, 0) is 14.3 Å². The third kappa shape index (κ3) is 2.16. The Hall–Kier alpha value is -1.95. The molecule has 3 rings (SSSR count). The number of amides is 1. The average Bonchev–Trinajstić information content (AvgIpc) is 2.98. The van der Waals surface area contributed by atoms with E-state index in [1.165, 1.54) is 18.2 Å². The van der Waals surface area contributed by atoms with E-state index in [9.17, 15) is 19.1 Å². The van der Waals surface area contributed by atoms with Crippen molar-refractivity contribution in [2.75, 3.05) is 5.32 Å². The summed E-state index contributed by atoms with van der Waals surface area (Å²) in [5.41, 5.74) is 0.321. The zero-order valence-corrected chi connectivity index (χ0v) is 10.6. The Balaban J connectivity index is 1.78. The second-order valence-corrected chi connectivity index (χ2v) is 5.18. The van der Waals surface area contributed by atoms with Gasteiger partial charge in [-0.1, -0.05) is 6.07 Å². The van der Waals surface area contributed by atoms with E-state index in [2.05, 4.69) is 5.32 Å². The minimum Gasteiger partial charge on any atom is -0.481 e. The number of benzene rings is 1. The standard InChI is InChI=1S/C14H14FNO4/c15-7-2-1-3-8(6-7)16-13(17)11-9-4-5-10(20-9)12(11)14(18)19/h1-3,6,9-12H,4-5H2,(H,16,17)(H,18,19)/t9-,10-,11+,12-/m0/s1. The van der Waals surface area contributed by atoms with Crippen molar-refractivity contribution in [3.63, 3.8) is 0 Å². The highest BCUT2D eigenvalue weighted by molar-refractivity contribution is 5.96. The van der Waals surface area contributed by atoms with Gasteiger partial charge in [-0.15, -0.1) is 0 Å². The Kier molecular flexibility index (Phi) is 3.17. The van der Waals surface area contributed by atoms with Gasteiger partial charge in [0.05, 0.1) is 24.0 Å². The SMILES string of the molecule is O=C(O)[C@@H]1[C@H](C(=O)Nc2cccc(F)c2)[C@@H]2CC[C@@H]1O2. The van der Waals surface area contributed by atoms with Crippen molar-refractivity contribution in [1.29, 1.82) is 0 Å². The molecule has 0 unspecified atom stereocenters. The van der Waals surface area contributed by atoms with Crippen molar-refractivity contribution in [1.82, 2.24) is 0 Å². The van der Waals surface area contributed by atoms with Crippen LogP contribution < -0.4 is 5.32 Å². The Morgan fingerprint density at radius 3 is 2.60 bits per heavy atom. The number of hydrogen-bond acceptors (Lipinski definition) is 3. The number of rotatable bonds is 3. The number of carboxylic acid groups (broad SMARTS) is 1. The molecule has 2 bridgehead atoms. The molecule has 6 heteroatoms. The molecule has 0 aromatic heterocycles. The quantitative estimate of drug-likeness (QED) is 0.882. The highest BCUT2D eigenvalue weighted by atomic mass is 19.1. The lowest BCUT2D eigenvalue weighted by atomic mass is 9.78. The molecule has 0 saturated carbocycles. The molecule has 2 aliphatic heterocycles. The molecule has 2 aliphatic rings. The van der Waals surface area contributed by atoms with Crippen molar-refractivity contribution < 1.29 is 23.8 Å². The largest absolute Gasteiger partial charge is 0.481 e. The molecule has 4 atom stereocenters. The van der Waals surface area contributed by atoms with Gasteiger partial charge in [-0.3, -0.25) is 9.59 Å². The molecule has 2 fully saturated rings. The van der Waals surface area contributed by atoms with Crippen molar-refractivity contribution >= 4 is 17.6 Å². The molecular weight excluding hydrogens is 265 g/mol. The first kappa shape index (κ1) is 13.1. The lowest BCUT2D eigenvalue weighted by Gasteiger charge is -2.23.